The van der Waals surface area contributed by atoms with Gasteiger partial charge >= 0.3 is 0 Å². The summed E-state index contributed by atoms with van der Waals surface area (Å²) in [5.74, 6) is 0.303. The maximum Gasteiger partial charge on any atom is 0.161 e. The fourth-order valence-electron chi connectivity index (χ4n) is 3.42. The molecule has 1 atom stereocenters. The Bertz CT molecular complexity index is 566. The molecule has 108 valence electrons. The highest BCUT2D eigenvalue weighted by molar-refractivity contribution is 9.10. The van der Waals surface area contributed by atoms with Crippen molar-refractivity contribution in [3.8, 4) is 0 Å². The SMILES string of the molecule is O=C1C(Br)CCCCC1(c1ccccc1)c1ccccc1. The molecule has 0 saturated heterocycles. The van der Waals surface area contributed by atoms with E-state index in [0.29, 0.717) is 5.78 Å². The van der Waals surface area contributed by atoms with Crippen molar-refractivity contribution in [3.63, 3.8) is 0 Å². The molecular formula is C19H19BrO. The van der Waals surface area contributed by atoms with E-state index in [-0.39, 0.29) is 4.83 Å². The molecule has 2 heteroatoms. The quantitative estimate of drug-likeness (QED) is 0.561. The molecule has 0 bridgehead atoms. The van der Waals surface area contributed by atoms with E-state index in [1.54, 1.807) is 0 Å². The van der Waals surface area contributed by atoms with Crippen LogP contribution in [0.4, 0.5) is 0 Å². The summed E-state index contributed by atoms with van der Waals surface area (Å²) in [7, 11) is 0. The largest absolute Gasteiger partial charge is 0.297 e. The Morgan fingerprint density at radius 2 is 1.38 bits per heavy atom. The van der Waals surface area contributed by atoms with Crippen LogP contribution < -0.4 is 0 Å². The van der Waals surface area contributed by atoms with Gasteiger partial charge in [0.05, 0.1) is 10.2 Å². The Balaban J connectivity index is 2.22. The summed E-state index contributed by atoms with van der Waals surface area (Å²) in [6, 6.07) is 20.5. The second kappa shape index (κ2) is 6.15. The molecule has 0 aromatic heterocycles. The minimum atomic E-state index is -0.507. The first-order valence-corrected chi connectivity index (χ1v) is 8.46. The number of hydrogen-bond donors (Lipinski definition) is 0. The summed E-state index contributed by atoms with van der Waals surface area (Å²) in [6.07, 6.45) is 4.00. The van der Waals surface area contributed by atoms with Crippen LogP contribution in [0.2, 0.25) is 0 Å². The van der Waals surface area contributed by atoms with E-state index in [2.05, 4.69) is 40.2 Å². The molecule has 21 heavy (non-hydrogen) atoms. The van der Waals surface area contributed by atoms with Crippen molar-refractivity contribution in [1.29, 1.82) is 0 Å². The van der Waals surface area contributed by atoms with Gasteiger partial charge < -0.3 is 0 Å². The summed E-state index contributed by atoms with van der Waals surface area (Å²) in [5, 5.41) is 0. The van der Waals surface area contributed by atoms with Gasteiger partial charge in [0.1, 0.15) is 0 Å². The molecule has 0 heterocycles. The summed E-state index contributed by atoms with van der Waals surface area (Å²) < 4.78 is 0. The van der Waals surface area contributed by atoms with E-state index in [1.165, 1.54) is 0 Å². The molecule has 0 amide bonds. The number of benzene rings is 2. The van der Waals surface area contributed by atoms with Crippen molar-refractivity contribution < 1.29 is 4.79 Å². The van der Waals surface area contributed by atoms with Crippen LogP contribution in [-0.2, 0) is 10.2 Å². The normalized spacial score (nSPS) is 21.8. The highest BCUT2D eigenvalue weighted by Crippen LogP contribution is 2.43. The molecule has 3 rings (SSSR count). The van der Waals surface area contributed by atoms with Crippen LogP contribution in [0.3, 0.4) is 0 Å². The zero-order valence-corrected chi connectivity index (χ0v) is 13.6. The minimum absolute atomic E-state index is 0.0552. The van der Waals surface area contributed by atoms with Gasteiger partial charge in [-0.15, -0.1) is 0 Å². The second-order valence-corrected chi connectivity index (χ2v) is 6.82. The molecule has 0 N–H and O–H groups in total. The van der Waals surface area contributed by atoms with Crippen LogP contribution in [0.5, 0.6) is 0 Å². The van der Waals surface area contributed by atoms with Crippen molar-refractivity contribution in [2.45, 2.75) is 35.9 Å². The summed E-state index contributed by atoms with van der Waals surface area (Å²) >= 11 is 3.62. The number of rotatable bonds is 2. The van der Waals surface area contributed by atoms with Gasteiger partial charge in [0.2, 0.25) is 0 Å². The molecule has 2 aromatic carbocycles. The maximum absolute atomic E-state index is 13.2. The number of ketones is 1. The van der Waals surface area contributed by atoms with E-state index < -0.39 is 5.41 Å². The summed E-state index contributed by atoms with van der Waals surface area (Å²) in [4.78, 5) is 13.2. The molecule has 0 radical (unpaired) electrons. The number of Topliss-reactive ketones (excluding diaryl/α,β-unsaturated/α-hetero) is 1. The number of carbonyl (C=O) groups excluding carboxylic acids is 1. The first-order valence-electron chi connectivity index (χ1n) is 7.54. The first-order chi connectivity index (χ1) is 10.2. The van der Waals surface area contributed by atoms with Crippen LogP contribution in [0.15, 0.2) is 60.7 Å². The molecule has 1 unspecified atom stereocenters. The Morgan fingerprint density at radius 1 is 0.857 bits per heavy atom. The number of alkyl halides is 1. The topological polar surface area (TPSA) is 17.1 Å². The van der Waals surface area contributed by atoms with Gasteiger partial charge in [-0.1, -0.05) is 89.4 Å². The van der Waals surface area contributed by atoms with Gasteiger partial charge in [0.15, 0.2) is 5.78 Å². The molecule has 1 aliphatic carbocycles. The zero-order valence-electron chi connectivity index (χ0n) is 12.0. The van der Waals surface area contributed by atoms with Crippen molar-refractivity contribution in [3.05, 3.63) is 71.8 Å². The Morgan fingerprint density at radius 3 is 1.90 bits per heavy atom. The standard InChI is InChI=1S/C19H19BrO/c20-17-13-7-8-14-19(18(17)21,15-9-3-1-4-10-15)16-11-5-2-6-12-16/h1-6,9-12,17H,7-8,13-14H2. The monoisotopic (exact) mass is 342 g/mol. The Labute approximate surface area is 134 Å². The van der Waals surface area contributed by atoms with Crippen molar-refractivity contribution >= 4 is 21.7 Å². The zero-order chi connectivity index (χ0) is 14.7. The summed E-state index contributed by atoms with van der Waals surface area (Å²) in [5.41, 5.74) is 1.73. The van der Waals surface area contributed by atoms with E-state index in [9.17, 15) is 4.79 Å². The van der Waals surface area contributed by atoms with Gasteiger partial charge in [0.25, 0.3) is 0 Å². The second-order valence-electron chi connectivity index (χ2n) is 5.71. The van der Waals surface area contributed by atoms with Crippen molar-refractivity contribution in [2.75, 3.05) is 0 Å². The lowest BCUT2D eigenvalue weighted by Gasteiger charge is -2.33. The highest BCUT2D eigenvalue weighted by atomic mass is 79.9. The molecule has 1 fully saturated rings. The highest BCUT2D eigenvalue weighted by Gasteiger charge is 2.44. The lowest BCUT2D eigenvalue weighted by molar-refractivity contribution is -0.122. The third kappa shape index (κ3) is 2.57. The fourth-order valence-corrected chi connectivity index (χ4v) is 4.14. The number of carbonyl (C=O) groups is 1. The number of halogens is 1. The number of hydrogen-bond acceptors (Lipinski definition) is 1. The van der Waals surface area contributed by atoms with E-state index >= 15 is 0 Å². The van der Waals surface area contributed by atoms with Crippen LogP contribution in [0.25, 0.3) is 0 Å². The lowest BCUT2D eigenvalue weighted by Crippen LogP contribution is -2.40. The average Bonchev–Trinajstić information content (AvgIpc) is 2.70. The van der Waals surface area contributed by atoms with Crippen LogP contribution in [-0.4, -0.2) is 10.6 Å². The smallest absolute Gasteiger partial charge is 0.161 e. The van der Waals surface area contributed by atoms with Gasteiger partial charge in [0, 0.05) is 0 Å². The predicted molar refractivity (Wildman–Crippen MR) is 89.9 cm³/mol. The van der Waals surface area contributed by atoms with Gasteiger partial charge in [-0.3, -0.25) is 4.79 Å². The average molecular weight is 343 g/mol. The summed E-state index contributed by atoms with van der Waals surface area (Å²) in [6.45, 7) is 0. The molecule has 0 spiro atoms. The van der Waals surface area contributed by atoms with E-state index in [1.807, 2.05) is 36.4 Å². The van der Waals surface area contributed by atoms with Crippen LogP contribution >= 0.6 is 15.9 Å². The molecule has 2 aromatic rings. The van der Waals surface area contributed by atoms with Crippen LogP contribution in [0, 0.1) is 0 Å². The van der Waals surface area contributed by atoms with Gasteiger partial charge in [-0.2, -0.15) is 0 Å². The molecule has 1 aliphatic rings. The van der Waals surface area contributed by atoms with Crippen molar-refractivity contribution in [1.82, 2.24) is 0 Å². The molecular weight excluding hydrogens is 324 g/mol. The first kappa shape index (κ1) is 14.5. The van der Waals surface area contributed by atoms with E-state index in [4.69, 9.17) is 0 Å². The fraction of sp³-hybridized carbons (Fsp3) is 0.316. The predicted octanol–water partition coefficient (Wildman–Crippen LogP) is 4.88. The Kier molecular flexibility index (Phi) is 4.25. The van der Waals surface area contributed by atoms with Crippen molar-refractivity contribution in [2.24, 2.45) is 0 Å². The molecule has 1 saturated carbocycles. The van der Waals surface area contributed by atoms with E-state index in [0.717, 1.165) is 36.8 Å². The van der Waals surface area contributed by atoms with Gasteiger partial charge in [-0.25, -0.2) is 0 Å². The third-order valence-electron chi connectivity index (χ3n) is 4.50. The van der Waals surface area contributed by atoms with Gasteiger partial charge in [-0.05, 0) is 24.0 Å². The minimum Gasteiger partial charge on any atom is -0.297 e. The van der Waals surface area contributed by atoms with Crippen LogP contribution in [0.1, 0.15) is 36.8 Å². The third-order valence-corrected chi connectivity index (χ3v) is 5.37. The lowest BCUT2D eigenvalue weighted by atomic mass is 9.68. The Hall–Kier alpha value is -1.41. The maximum atomic E-state index is 13.2. The molecule has 1 nitrogen and oxygen atoms in total. The molecule has 0 aliphatic heterocycles.